The first-order chi connectivity index (χ1) is 9.47. The molecule has 1 aromatic rings. The minimum atomic E-state index is -0.329. The lowest BCUT2D eigenvalue weighted by Crippen LogP contribution is -2.45. The van der Waals surface area contributed by atoms with Gasteiger partial charge in [0.25, 0.3) is 0 Å². The molecule has 0 aromatic heterocycles. The Morgan fingerprint density at radius 1 is 1.15 bits per heavy atom. The van der Waals surface area contributed by atoms with Crippen LogP contribution in [0.2, 0.25) is 0 Å². The van der Waals surface area contributed by atoms with Crippen LogP contribution in [0.5, 0.6) is 11.5 Å². The zero-order valence-corrected chi connectivity index (χ0v) is 12.5. The van der Waals surface area contributed by atoms with E-state index < -0.39 is 0 Å². The van der Waals surface area contributed by atoms with Crippen molar-refractivity contribution in [3.05, 3.63) is 23.8 Å². The van der Waals surface area contributed by atoms with Gasteiger partial charge in [0, 0.05) is 11.0 Å². The average Bonchev–Trinajstić information content (AvgIpc) is 2.85. The molecule has 0 spiro atoms. The fourth-order valence-corrected chi connectivity index (χ4v) is 3.02. The molecule has 3 rings (SSSR count). The van der Waals surface area contributed by atoms with Gasteiger partial charge in [-0.3, -0.25) is 0 Å². The normalized spacial score (nSPS) is 27.9. The number of hydrogen-bond donors (Lipinski definition) is 0. The van der Waals surface area contributed by atoms with Gasteiger partial charge in [0.1, 0.15) is 0 Å². The van der Waals surface area contributed by atoms with Crippen molar-refractivity contribution in [2.75, 3.05) is 13.4 Å². The number of ether oxygens (including phenoxy) is 4. The maximum Gasteiger partial charge on any atom is 0.231 e. The Balaban J connectivity index is 1.81. The smallest absolute Gasteiger partial charge is 0.231 e. The molecule has 1 aromatic carbocycles. The maximum atomic E-state index is 6.19. The third kappa shape index (κ3) is 2.38. The summed E-state index contributed by atoms with van der Waals surface area (Å²) in [6.07, 6.45) is -0.156. The van der Waals surface area contributed by atoms with Crippen molar-refractivity contribution in [1.29, 1.82) is 0 Å². The summed E-state index contributed by atoms with van der Waals surface area (Å²) in [4.78, 5) is 0. The van der Waals surface area contributed by atoms with Gasteiger partial charge in [-0.2, -0.15) is 0 Å². The quantitative estimate of drug-likeness (QED) is 0.829. The van der Waals surface area contributed by atoms with Crippen LogP contribution in [-0.2, 0) is 9.47 Å². The molecule has 110 valence electrons. The summed E-state index contributed by atoms with van der Waals surface area (Å²) < 4.78 is 22.8. The van der Waals surface area contributed by atoms with Gasteiger partial charge in [0.2, 0.25) is 6.79 Å². The summed E-state index contributed by atoms with van der Waals surface area (Å²) in [5.41, 5.74) is 1.01. The Kier molecular flexibility index (Phi) is 3.38. The topological polar surface area (TPSA) is 36.9 Å². The highest BCUT2D eigenvalue weighted by Crippen LogP contribution is 2.41. The van der Waals surface area contributed by atoms with Gasteiger partial charge in [-0.1, -0.05) is 27.7 Å². The molecule has 4 nitrogen and oxygen atoms in total. The van der Waals surface area contributed by atoms with Gasteiger partial charge in [-0.05, 0) is 24.1 Å². The van der Waals surface area contributed by atoms with Crippen LogP contribution in [0, 0.1) is 11.3 Å². The lowest BCUT2D eigenvalue weighted by molar-refractivity contribution is -0.274. The zero-order chi connectivity index (χ0) is 14.3. The van der Waals surface area contributed by atoms with Crippen molar-refractivity contribution in [3.63, 3.8) is 0 Å². The van der Waals surface area contributed by atoms with E-state index in [9.17, 15) is 0 Å². The second-order valence-corrected chi connectivity index (χ2v) is 6.54. The van der Waals surface area contributed by atoms with Gasteiger partial charge >= 0.3 is 0 Å². The van der Waals surface area contributed by atoms with Crippen LogP contribution >= 0.6 is 0 Å². The molecule has 2 aliphatic rings. The van der Waals surface area contributed by atoms with E-state index in [4.69, 9.17) is 18.9 Å². The third-order valence-corrected chi connectivity index (χ3v) is 3.92. The fraction of sp³-hybridized carbons (Fsp3) is 0.625. The van der Waals surface area contributed by atoms with Crippen molar-refractivity contribution >= 4 is 0 Å². The van der Waals surface area contributed by atoms with E-state index >= 15 is 0 Å². The van der Waals surface area contributed by atoms with Gasteiger partial charge in [0.15, 0.2) is 17.8 Å². The van der Waals surface area contributed by atoms with Gasteiger partial charge in [-0.25, -0.2) is 0 Å². The van der Waals surface area contributed by atoms with Crippen LogP contribution in [0.3, 0.4) is 0 Å². The number of rotatable bonds is 2. The predicted molar refractivity (Wildman–Crippen MR) is 74.8 cm³/mol. The second-order valence-electron chi connectivity index (χ2n) is 6.54. The van der Waals surface area contributed by atoms with Crippen LogP contribution in [0.25, 0.3) is 0 Å². The van der Waals surface area contributed by atoms with E-state index in [-0.39, 0.29) is 24.6 Å². The Labute approximate surface area is 120 Å². The van der Waals surface area contributed by atoms with Gasteiger partial charge < -0.3 is 18.9 Å². The van der Waals surface area contributed by atoms with Crippen molar-refractivity contribution in [2.24, 2.45) is 11.3 Å². The summed E-state index contributed by atoms with van der Waals surface area (Å²) in [5, 5.41) is 0. The molecule has 0 amide bonds. The van der Waals surface area contributed by atoms with Crippen LogP contribution in [-0.4, -0.2) is 19.5 Å². The highest BCUT2D eigenvalue weighted by molar-refractivity contribution is 5.44. The van der Waals surface area contributed by atoms with E-state index in [1.807, 2.05) is 18.2 Å². The van der Waals surface area contributed by atoms with E-state index in [1.165, 1.54) is 0 Å². The number of fused-ring (bicyclic) bond motifs is 1. The minimum absolute atomic E-state index is 0.0288. The molecule has 2 atom stereocenters. The lowest BCUT2D eigenvalue weighted by Gasteiger charge is -2.44. The molecule has 0 N–H and O–H groups in total. The highest BCUT2D eigenvalue weighted by Gasteiger charge is 2.40. The molecular weight excluding hydrogens is 256 g/mol. The number of hydrogen-bond acceptors (Lipinski definition) is 4. The van der Waals surface area contributed by atoms with E-state index in [2.05, 4.69) is 27.7 Å². The maximum absolute atomic E-state index is 6.19. The predicted octanol–water partition coefficient (Wildman–Crippen LogP) is 3.51. The molecule has 0 radical (unpaired) electrons. The standard InChI is InChI=1S/C16H22O4/c1-10(2)14-16(3,4)8-17-15(20-14)11-5-6-12-13(7-11)19-9-18-12/h5-7,10,14-15H,8-9H2,1-4H3. The molecule has 2 heterocycles. The monoisotopic (exact) mass is 278 g/mol. The summed E-state index contributed by atoms with van der Waals surface area (Å²) >= 11 is 0. The molecule has 2 aliphatic heterocycles. The zero-order valence-electron chi connectivity index (χ0n) is 12.5. The molecule has 0 aliphatic carbocycles. The molecular formula is C16H22O4. The van der Waals surface area contributed by atoms with Crippen molar-refractivity contribution < 1.29 is 18.9 Å². The molecule has 20 heavy (non-hydrogen) atoms. The van der Waals surface area contributed by atoms with Gasteiger partial charge in [-0.15, -0.1) is 0 Å². The Morgan fingerprint density at radius 2 is 1.90 bits per heavy atom. The van der Waals surface area contributed by atoms with Crippen LogP contribution < -0.4 is 9.47 Å². The van der Waals surface area contributed by atoms with Crippen LogP contribution in [0.15, 0.2) is 18.2 Å². The fourth-order valence-electron chi connectivity index (χ4n) is 3.02. The molecule has 1 fully saturated rings. The van der Waals surface area contributed by atoms with Crippen molar-refractivity contribution in [3.8, 4) is 11.5 Å². The molecule has 0 saturated carbocycles. The van der Waals surface area contributed by atoms with Crippen molar-refractivity contribution in [1.82, 2.24) is 0 Å². The first kappa shape index (κ1) is 13.7. The molecule has 2 unspecified atom stereocenters. The Bertz CT molecular complexity index is 495. The lowest BCUT2D eigenvalue weighted by atomic mass is 9.80. The number of benzene rings is 1. The Hall–Kier alpha value is -1.26. The molecule has 0 bridgehead atoms. The van der Waals surface area contributed by atoms with Gasteiger partial charge in [0.05, 0.1) is 12.7 Å². The molecule has 4 heteroatoms. The summed E-state index contributed by atoms with van der Waals surface area (Å²) in [7, 11) is 0. The van der Waals surface area contributed by atoms with E-state index in [0.29, 0.717) is 12.5 Å². The summed E-state index contributed by atoms with van der Waals surface area (Å²) in [6, 6.07) is 5.84. The Morgan fingerprint density at radius 3 is 2.65 bits per heavy atom. The van der Waals surface area contributed by atoms with Crippen molar-refractivity contribution in [2.45, 2.75) is 40.1 Å². The molecule has 1 saturated heterocycles. The average molecular weight is 278 g/mol. The third-order valence-electron chi connectivity index (χ3n) is 3.92. The van der Waals surface area contributed by atoms with E-state index in [1.54, 1.807) is 0 Å². The second kappa shape index (κ2) is 4.93. The first-order valence-corrected chi connectivity index (χ1v) is 7.14. The SMILES string of the molecule is CC(C)C1OC(c2ccc3c(c2)OCO3)OCC1(C)C. The first-order valence-electron chi connectivity index (χ1n) is 7.14. The van der Waals surface area contributed by atoms with E-state index in [0.717, 1.165) is 17.1 Å². The minimum Gasteiger partial charge on any atom is -0.454 e. The highest BCUT2D eigenvalue weighted by atomic mass is 16.7. The van der Waals surface area contributed by atoms with Crippen LogP contribution in [0.4, 0.5) is 0 Å². The summed E-state index contributed by atoms with van der Waals surface area (Å²) in [6.45, 7) is 9.73. The largest absolute Gasteiger partial charge is 0.454 e. The summed E-state index contributed by atoms with van der Waals surface area (Å²) in [5.74, 6) is 2.00. The van der Waals surface area contributed by atoms with Crippen LogP contribution in [0.1, 0.15) is 39.5 Å².